The molecule has 2 nitrogen and oxygen atoms in total. The maximum atomic E-state index is 12.7. The minimum atomic E-state index is -4.37. The molecule has 0 bridgehead atoms. The van der Waals surface area contributed by atoms with E-state index in [4.69, 9.17) is 0 Å². The third kappa shape index (κ3) is 2.52. The van der Waals surface area contributed by atoms with Crippen LogP contribution in [0.4, 0.5) is 13.2 Å². The lowest BCUT2D eigenvalue weighted by molar-refractivity contribution is -0.138. The number of aromatic amines is 1. The Bertz CT molecular complexity index is 546. The molecular weight excluding hydrogens is 297 g/mol. The first kappa shape index (κ1) is 12.2. The molecule has 1 aromatic carbocycles. The molecule has 0 atom stereocenters. The molecule has 0 radical (unpaired) electrons. The van der Waals surface area contributed by atoms with Gasteiger partial charge in [0, 0.05) is 15.7 Å². The summed E-state index contributed by atoms with van der Waals surface area (Å²) >= 11 is 2.90. The van der Waals surface area contributed by atoms with Gasteiger partial charge in [-0.1, -0.05) is 22.0 Å². The van der Waals surface area contributed by atoms with Crippen molar-refractivity contribution in [2.24, 2.45) is 0 Å². The normalized spacial score (nSPS) is 11.8. The van der Waals surface area contributed by atoms with Crippen molar-refractivity contribution < 1.29 is 13.2 Å². The number of H-pyrrole nitrogens is 1. The monoisotopic (exact) mass is 304 g/mol. The van der Waals surface area contributed by atoms with Gasteiger partial charge in [-0.15, -0.1) is 0 Å². The Kier molecular flexibility index (Phi) is 2.99. The van der Waals surface area contributed by atoms with Crippen molar-refractivity contribution in [2.45, 2.75) is 13.1 Å². The largest absolute Gasteiger partial charge is 0.417 e. The van der Waals surface area contributed by atoms with Gasteiger partial charge in [-0.2, -0.15) is 18.3 Å². The summed E-state index contributed by atoms with van der Waals surface area (Å²) in [7, 11) is 0. The van der Waals surface area contributed by atoms with Gasteiger partial charge in [0.25, 0.3) is 0 Å². The van der Waals surface area contributed by atoms with Gasteiger partial charge in [-0.25, -0.2) is 0 Å². The van der Waals surface area contributed by atoms with Crippen LogP contribution in [0.3, 0.4) is 0 Å². The lowest BCUT2D eigenvalue weighted by atomic mass is 10.1. The molecule has 90 valence electrons. The van der Waals surface area contributed by atoms with E-state index in [2.05, 4.69) is 26.1 Å². The van der Waals surface area contributed by atoms with Crippen molar-refractivity contribution in [1.82, 2.24) is 10.2 Å². The molecule has 0 fully saturated rings. The predicted molar refractivity (Wildman–Crippen MR) is 61.5 cm³/mol. The summed E-state index contributed by atoms with van der Waals surface area (Å²) < 4.78 is 38.1. The van der Waals surface area contributed by atoms with E-state index >= 15 is 0 Å². The average Bonchev–Trinajstić information content (AvgIpc) is 2.64. The van der Waals surface area contributed by atoms with Crippen LogP contribution in [0.5, 0.6) is 0 Å². The molecule has 1 aromatic heterocycles. The van der Waals surface area contributed by atoms with E-state index in [9.17, 15) is 13.2 Å². The van der Waals surface area contributed by atoms with E-state index in [1.165, 1.54) is 6.07 Å². The van der Waals surface area contributed by atoms with Gasteiger partial charge >= 0.3 is 6.18 Å². The van der Waals surface area contributed by atoms with Crippen LogP contribution >= 0.6 is 15.9 Å². The van der Waals surface area contributed by atoms with Crippen LogP contribution in [-0.2, 0) is 6.18 Å². The van der Waals surface area contributed by atoms with Gasteiger partial charge in [0.05, 0.1) is 11.3 Å². The third-order valence-electron chi connectivity index (χ3n) is 2.27. The summed E-state index contributed by atoms with van der Waals surface area (Å²) in [4.78, 5) is 0. The molecule has 2 rings (SSSR count). The average molecular weight is 305 g/mol. The molecule has 17 heavy (non-hydrogen) atoms. The second-order valence-electron chi connectivity index (χ2n) is 3.63. The van der Waals surface area contributed by atoms with Gasteiger partial charge in [0.1, 0.15) is 0 Å². The second-order valence-corrected chi connectivity index (χ2v) is 4.48. The van der Waals surface area contributed by atoms with Crippen molar-refractivity contribution >= 4 is 15.9 Å². The Morgan fingerprint density at radius 3 is 2.47 bits per heavy atom. The molecule has 0 unspecified atom stereocenters. The summed E-state index contributed by atoms with van der Waals surface area (Å²) in [6, 6.07) is 5.75. The molecule has 1 heterocycles. The van der Waals surface area contributed by atoms with Crippen molar-refractivity contribution in [3.63, 3.8) is 0 Å². The molecule has 0 aliphatic rings. The fourth-order valence-electron chi connectivity index (χ4n) is 1.47. The molecule has 0 aliphatic heterocycles. The third-order valence-corrected chi connectivity index (χ3v) is 2.96. The highest BCUT2D eigenvalue weighted by Gasteiger charge is 2.33. The van der Waals surface area contributed by atoms with Gasteiger partial charge < -0.3 is 0 Å². The minimum Gasteiger partial charge on any atom is -0.282 e. The molecule has 2 aromatic rings. The molecule has 0 amide bonds. The number of rotatable bonds is 1. The zero-order valence-corrected chi connectivity index (χ0v) is 10.4. The molecular formula is C11H8BrF3N2. The molecule has 6 heteroatoms. The maximum absolute atomic E-state index is 12.7. The summed E-state index contributed by atoms with van der Waals surface area (Å²) in [6.07, 6.45) is -4.37. The van der Waals surface area contributed by atoms with Crippen LogP contribution in [0.2, 0.25) is 0 Å². The lowest BCUT2D eigenvalue weighted by Crippen LogP contribution is -2.06. The molecule has 0 saturated carbocycles. The number of aromatic nitrogens is 2. The van der Waals surface area contributed by atoms with Gasteiger partial charge in [-0.05, 0) is 25.1 Å². The van der Waals surface area contributed by atoms with Crippen molar-refractivity contribution in [3.05, 3.63) is 40.0 Å². The summed E-state index contributed by atoms with van der Waals surface area (Å²) in [6.45, 7) is 1.79. The topological polar surface area (TPSA) is 28.7 Å². The number of halogens is 4. The smallest absolute Gasteiger partial charge is 0.282 e. The lowest BCUT2D eigenvalue weighted by Gasteiger charge is -2.10. The fourth-order valence-corrected chi connectivity index (χ4v) is 1.94. The van der Waals surface area contributed by atoms with Gasteiger partial charge in [0.2, 0.25) is 0 Å². The summed E-state index contributed by atoms with van der Waals surface area (Å²) in [5.41, 5.74) is 1.04. The zero-order chi connectivity index (χ0) is 12.6. The van der Waals surface area contributed by atoms with Crippen LogP contribution in [0.1, 0.15) is 11.3 Å². The minimum absolute atomic E-state index is 0.0287. The number of nitrogens with zero attached hydrogens (tertiary/aromatic N) is 1. The Labute approximate surface area is 104 Å². The highest BCUT2D eigenvalue weighted by atomic mass is 79.9. The van der Waals surface area contributed by atoms with Crippen LogP contribution in [-0.4, -0.2) is 10.2 Å². The van der Waals surface area contributed by atoms with E-state index in [0.29, 0.717) is 11.3 Å². The van der Waals surface area contributed by atoms with Crippen LogP contribution in [0, 0.1) is 6.92 Å². The number of hydrogen-bond acceptors (Lipinski definition) is 1. The molecule has 1 N–H and O–H groups in total. The first-order chi connectivity index (χ1) is 7.88. The Morgan fingerprint density at radius 2 is 1.94 bits per heavy atom. The summed E-state index contributed by atoms with van der Waals surface area (Å²) in [5.74, 6) is 0. The zero-order valence-electron chi connectivity index (χ0n) is 8.77. The predicted octanol–water partition coefficient (Wildman–Crippen LogP) is 4.17. The van der Waals surface area contributed by atoms with Crippen LogP contribution < -0.4 is 0 Å². The van der Waals surface area contributed by atoms with E-state index in [1.54, 1.807) is 19.1 Å². The van der Waals surface area contributed by atoms with E-state index in [-0.39, 0.29) is 4.47 Å². The Morgan fingerprint density at radius 1 is 1.24 bits per heavy atom. The van der Waals surface area contributed by atoms with Crippen molar-refractivity contribution in [3.8, 4) is 11.3 Å². The van der Waals surface area contributed by atoms with E-state index < -0.39 is 11.7 Å². The number of aryl methyl sites for hydroxylation is 1. The number of alkyl halides is 3. The number of benzene rings is 1. The SMILES string of the molecule is Cc1cc(-c2ccc(Br)c(C(F)(F)F)c2)n[nH]1. The molecule has 0 spiro atoms. The van der Waals surface area contributed by atoms with E-state index in [1.807, 2.05) is 0 Å². The highest BCUT2D eigenvalue weighted by Crippen LogP contribution is 2.37. The van der Waals surface area contributed by atoms with Gasteiger partial charge in [0.15, 0.2) is 0 Å². The maximum Gasteiger partial charge on any atom is 0.417 e. The quantitative estimate of drug-likeness (QED) is 0.842. The molecule has 0 aliphatic carbocycles. The fraction of sp³-hybridized carbons (Fsp3) is 0.182. The van der Waals surface area contributed by atoms with E-state index in [0.717, 1.165) is 11.8 Å². The number of nitrogens with one attached hydrogen (secondary N) is 1. The first-order valence-electron chi connectivity index (χ1n) is 4.77. The van der Waals surface area contributed by atoms with Crippen molar-refractivity contribution in [2.75, 3.05) is 0 Å². The van der Waals surface area contributed by atoms with Gasteiger partial charge in [-0.3, -0.25) is 5.10 Å². The number of hydrogen-bond donors (Lipinski definition) is 1. The first-order valence-corrected chi connectivity index (χ1v) is 5.56. The standard InChI is InChI=1S/C11H8BrF3N2/c1-6-4-10(17-16-6)7-2-3-9(12)8(5-7)11(13,14)15/h2-5H,1H3,(H,16,17). The van der Waals surface area contributed by atoms with Crippen molar-refractivity contribution in [1.29, 1.82) is 0 Å². The Hall–Kier alpha value is -1.30. The molecule has 0 saturated heterocycles. The van der Waals surface area contributed by atoms with Crippen LogP contribution in [0.25, 0.3) is 11.3 Å². The van der Waals surface area contributed by atoms with Crippen LogP contribution in [0.15, 0.2) is 28.7 Å². The highest BCUT2D eigenvalue weighted by molar-refractivity contribution is 9.10. The second kappa shape index (κ2) is 4.18. The summed E-state index contributed by atoms with van der Waals surface area (Å²) in [5, 5.41) is 6.63. The Balaban J connectivity index is 2.51.